The number of hydrogen-bond donors (Lipinski definition) is 1. The van der Waals surface area contributed by atoms with Gasteiger partial charge in [0.1, 0.15) is 11.8 Å². The molecular weight excluding hydrogens is 276 g/mol. The number of nitrogens with one attached hydrogen (secondary N) is 1. The van der Waals surface area contributed by atoms with Gasteiger partial charge in [0.15, 0.2) is 0 Å². The zero-order valence-corrected chi connectivity index (χ0v) is 14.1. The Bertz CT molecular complexity index is 476. The smallest absolute Gasteiger partial charge is 0.245 e. The first-order chi connectivity index (χ1) is 10.5. The number of ether oxygens (including phenoxy) is 1. The monoisotopic (exact) mass is 304 g/mol. The third kappa shape index (κ3) is 3.93. The van der Waals surface area contributed by atoms with Crippen LogP contribution in [0.4, 0.5) is 5.69 Å². The van der Waals surface area contributed by atoms with Crippen LogP contribution in [0.2, 0.25) is 0 Å². The minimum absolute atomic E-state index is 0.189. The maximum Gasteiger partial charge on any atom is 0.245 e. The van der Waals surface area contributed by atoms with Gasteiger partial charge in [0, 0.05) is 17.8 Å². The Labute approximate surface area is 133 Å². The molecule has 1 aromatic carbocycles. The van der Waals surface area contributed by atoms with Crippen LogP contribution >= 0.6 is 0 Å². The summed E-state index contributed by atoms with van der Waals surface area (Å²) in [6, 6.07) is 8.21. The molecule has 0 aromatic heterocycles. The molecule has 4 heteroatoms. The highest BCUT2D eigenvalue weighted by molar-refractivity contribution is 5.85. The summed E-state index contributed by atoms with van der Waals surface area (Å²) in [7, 11) is 0. The van der Waals surface area contributed by atoms with Crippen LogP contribution in [0.3, 0.4) is 0 Å². The zero-order chi connectivity index (χ0) is 16.1. The minimum atomic E-state index is -0.221. The molecule has 0 saturated carbocycles. The number of amides is 1. The summed E-state index contributed by atoms with van der Waals surface area (Å²) >= 11 is 0. The van der Waals surface area contributed by atoms with E-state index in [2.05, 4.69) is 24.1 Å². The second kappa shape index (κ2) is 7.52. The summed E-state index contributed by atoms with van der Waals surface area (Å²) in [5.41, 5.74) is 0.946. The van der Waals surface area contributed by atoms with Crippen molar-refractivity contribution in [3.05, 3.63) is 24.3 Å². The Balaban J connectivity index is 1.98. The highest BCUT2D eigenvalue weighted by Gasteiger charge is 2.31. The van der Waals surface area contributed by atoms with E-state index in [1.54, 1.807) is 0 Å². The standard InChI is InChI=1S/C18H28N2O2/c1-5-22-17-11-9-16(10-12-17)19-15(4)18(21)20-13(2)7-6-8-14(20)3/h9-15,19H,5-8H2,1-4H3/t13-,14+,15-/m1/s1. The molecular formula is C18H28N2O2. The van der Waals surface area contributed by atoms with Gasteiger partial charge in [-0.1, -0.05) is 0 Å². The fraction of sp³-hybridized carbons (Fsp3) is 0.611. The van der Waals surface area contributed by atoms with E-state index in [1.807, 2.05) is 38.1 Å². The molecule has 0 aliphatic carbocycles. The number of piperidine rings is 1. The van der Waals surface area contributed by atoms with E-state index in [4.69, 9.17) is 4.74 Å². The second-order valence-electron chi connectivity index (χ2n) is 6.20. The number of likely N-dealkylation sites (tertiary alicyclic amines) is 1. The van der Waals surface area contributed by atoms with Crippen LogP contribution in [0.5, 0.6) is 5.75 Å². The molecule has 1 aliphatic heterocycles. The van der Waals surface area contributed by atoms with Gasteiger partial charge in [-0.05, 0) is 71.2 Å². The lowest BCUT2D eigenvalue weighted by molar-refractivity contribution is -0.137. The molecule has 4 nitrogen and oxygen atoms in total. The van der Waals surface area contributed by atoms with E-state index in [9.17, 15) is 4.79 Å². The van der Waals surface area contributed by atoms with Crippen LogP contribution in [0.25, 0.3) is 0 Å². The van der Waals surface area contributed by atoms with E-state index >= 15 is 0 Å². The van der Waals surface area contributed by atoms with Crippen LogP contribution in [-0.2, 0) is 4.79 Å². The Kier molecular flexibility index (Phi) is 5.69. The third-order valence-electron chi connectivity index (χ3n) is 4.37. The van der Waals surface area contributed by atoms with E-state index in [-0.39, 0.29) is 11.9 Å². The summed E-state index contributed by atoms with van der Waals surface area (Å²) in [5, 5.41) is 3.30. The number of hydrogen-bond acceptors (Lipinski definition) is 3. The molecule has 0 radical (unpaired) electrons. The van der Waals surface area contributed by atoms with Crippen LogP contribution in [0.1, 0.15) is 47.0 Å². The lowest BCUT2D eigenvalue weighted by Crippen LogP contribution is -2.52. The minimum Gasteiger partial charge on any atom is -0.494 e. The molecule has 22 heavy (non-hydrogen) atoms. The van der Waals surface area contributed by atoms with E-state index in [0.717, 1.165) is 24.3 Å². The summed E-state index contributed by atoms with van der Waals surface area (Å²) in [6.07, 6.45) is 3.42. The van der Waals surface area contributed by atoms with Crippen molar-refractivity contribution in [2.45, 2.75) is 65.1 Å². The number of carbonyl (C=O) groups excluding carboxylic acids is 1. The van der Waals surface area contributed by atoms with Crippen molar-refractivity contribution in [3.8, 4) is 5.75 Å². The normalized spacial score (nSPS) is 23.0. The Morgan fingerprint density at radius 3 is 2.41 bits per heavy atom. The number of rotatable bonds is 5. The van der Waals surface area contributed by atoms with Gasteiger partial charge in [-0.15, -0.1) is 0 Å². The first-order valence-electron chi connectivity index (χ1n) is 8.34. The summed E-state index contributed by atoms with van der Waals surface area (Å²) in [6.45, 7) is 8.86. The highest BCUT2D eigenvalue weighted by atomic mass is 16.5. The van der Waals surface area contributed by atoms with Gasteiger partial charge in [0.2, 0.25) is 5.91 Å². The maximum atomic E-state index is 12.7. The van der Waals surface area contributed by atoms with Gasteiger partial charge < -0.3 is 15.0 Å². The van der Waals surface area contributed by atoms with Gasteiger partial charge in [-0.2, -0.15) is 0 Å². The summed E-state index contributed by atoms with van der Waals surface area (Å²) < 4.78 is 5.43. The first kappa shape index (κ1) is 16.7. The van der Waals surface area contributed by atoms with Gasteiger partial charge >= 0.3 is 0 Å². The molecule has 1 amide bonds. The number of nitrogens with zero attached hydrogens (tertiary/aromatic N) is 1. The van der Waals surface area contributed by atoms with Gasteiger partial charge in [-0.3, -0.25) is 4.79 Å². The molecule has 122 valence electrons. The lowest BCUT2D eigenvalue weighted by atomic mass is 9.96. The van der Waals surface area contributed by atoms with Crippen molar-refractivity contribution in [1.82, 2.24) is 4.90 Å². The predicted molar refractivity (Wildman–Crippen MR) is 90.3 cm³/mol. The lowest BCUT2D eigenvalue weighted by Gasteiger charge is -2.40. The van der Waals surface area contributed by atoms with E-state index < -0.39 is 0 Å². The van der Waals surface area contributed by atoms with Gasteiger partial charge in [0.25, 0.3) is 0 Å². The fourth-order valence-corrected chi connectivity index (χ4v) is 3.21. The molecule has 1 fully saturated rings. The molecule has 1 aromatic rings. The molecule has 0 spiro atoms. The van der Waals surface area contributed by atoms with E-state index in [0.29, 0.717) is 18.7 Å². The van der Waals surface area contributed by atoms with Crippen molar-refractivity contribution in [2.24, 2.45) is 0 Å². The predicted octanol–water partition coefficient (Wildman–Crippen LogP) is 3.68. The van der Waals surface area contributed by atoms with Crippen LogP contribution in [-0.4, -0.2) is 35.5 Å². The van der Waals surface area contributed by atoms with Crippen molar-refractivity contribution < 1.29 is 9.53 Å². The van der Waals surface area contributed by atoms with Crippen molar-refractivity contribution in [3.63, 3.8) is 0 Å². The molecule has 0 unspecified atom stereocenters. The fourth-order valence-electron chi connectivity index (χ4n) is 3.21. The van der Waals surface area contributed by atoms with Crippen molar-refractivity contribution in [1.29, 1.82) is 0 Å². The molecule has 2 rings (SSSR count). The number of benzene rings is 1. The van der Waals surface area contributed by atoms with Crippen molar-refractivity contribution >= 4 is 11.6 Å². The van der Waals surface area contributed by atoms with Crippen LogP contribution < -0.4 is 10.1 Å². The van der Waals surface area contributed by atoms with Gasteiger partial charge in [-0.25, -0.2) is 0 Å². The molecule has 3 atom stereocenters. The maximum absolute atomic E-state index is 12.7. The number of carbonyl (C=O) groups is 1. The Morgan fingerprint density at radius 2 is 1.86 bits per heavy atom. The zero-order valence-electron chi connectivity index (χ0n) is 14.1. The number of anilines is 1. The molecule has 1 N–H and O–H groups in total. The summed E-state index contributed by atoms with van der Waals surface area (Å²) in [5.74, 6) is 1.04. The molecule has 1 heterocycles. The Hall–Kier alpha value is -1.71. The third-order valence-corrected chi connectivity index (χ3v) is 4.37. The first-order valence-corrected chi connectivity index (χ1v) is 8.34. The quantitative estimate of drug-likeness (QED) is 0.902. The van der Waals surface area contributed by atoms with E-state index in [1.165, 1.54) is 6.42 Å². The Morgan fingerprint density at radius 1 is 1.27 bits per heavy atom. The van der Waals surface area contributed by atoms with Gasteiger partial charge in [0.05, 0.1) is 6.61 Å². The molecule has 0 bridgehead atoms. The second-order valence-corrected chi connectivity index (χ2v) is 6.20. The summed E-state index contributed by atoms with van der Waals surface area (Å²) in [4.78, 5) is 14.8. The average molecular weight is 304 g/mol. The largest absolute Gasteiger partial charge is 0.494 e. The molecule has 1 saturated heterocycles. The van der Waals surface area contributed by atoms with Crippen LogP contribution in [0, 0.1) is 0 Å². The average Bonchev–Trinajstić information content (AvgIpc) is 2.49. The topological polar surface area (TPSA) is 41.6 Å². The van der Waals surface area contributed by atoms with Crippen molar-refractivity contribution in [2.75, 3.05) is 11.9 Å². The highest BCUT2D eigenvalue weighted by Crippen LogP contribution is 2.24. The van der Waals surface area contributed by atoms with Crippen LogP contribution in [0.15, 0.2) is 24.3 Å². The molecule has 1 aliphatic rings. The SMILES string of the molecule is CCOc1ccc(N[C@H](C)C(=O)N2[C@H](C)CCC[C@@H]2C)cc1.